The molecule has 0 aliphatic rings. The summed E-state index contributed by atoms with van der Waals surface area (Å²) in [6.07, 6.45) is -4.81. The Kier molecular flexibility index (Phi) is 6.22. The molecule has 0 radical (unpaired) electrons. The molecule has 0 spiro atoms. The van der Waals surface area contributed by atoms with E-state index in [1.807, 2.05) is 0 Å². The third kappa shape index (κ3) is 6.47. The molecule has 0 saturated heterocycles. The van der Waals surface area contributed by atoms with Crippen molar-refractivity contribution in [3.8, 4) is 5.75 Å². The van der Waals surface area contributed by atoms with Gasteiger partial charge in [-0.2, -0.15) is 0 Å². The molecular formula is C16H21F3N2O3. The molecule has 2 amide bonds. The zero-order chi connectivity index (χ0) is 18.5. The quantitative estimate of drug-likeness (QED) is 0.892. The first-order chi connectivity index (χ1) is 10.9. The number of likely N-dealkylation sites (N-methyl/N-ethyl adjacent to an activating group) is 1. The van der Waals surface area contributed by atoms with Crippen molar-refractivity contribution in [3.05, 3.63) is 29.8 Å². The van der Waals surface area contributed by atoms with Crippen LogP contribution < -0.4 is 10.1 Å². The zero-order valence-corrected chi connectivity index (χ0v) is 14.0. The molecular weight excluding hydrogens is 325 g/mol. The molecule has 1 aromatic carbocycles. The molecule has 0 aliphatic heterocycles. The maximum absolute atomic E-state index is 12.4. The Morgan fingerprint density at radius 3 is 2.29 bits per heavy atom. The number of nitrogens with zero attached hydrogens (tertiary/aromatic N) is 1. The van der Waals surface area contributed by atoms with Gasteiger partial charge in [-0.15, -0.1) is 13.2 Å². The number of halogens is 3. The third-order valence-electron chi connectivity index (χ3n) is 3.11. The van der Waals surface area contributed by atoms with Crippen LogP contribution in [-0.2, 0) is 16.1 Å². The van der Waals surface area contributed by atoms with Crippen LogP contribution in [0.4, 0.5) is 13.2 Å². The van der Waals surface area contributed by atoms with Crippen LogP contribution in [0.25, 0.3) is 0 Å². The highest BCUT2D eigenvalue weighted by Crippen LogP contribution is 2.26. The van der Waals surface area contributed by atoms with Gasteiger partial charge in [0.25, 0.3) is 0 Å². The fraction of sp³-hybridized carbons (Fsp3) is 0.500. The van der Waals surface area contributed by atoms with Crippen LogP contribution >= 0.6 is 0 Å². The van der Waals surface area contributed by atoms with Gasteiger partial charge in [-0.25, -0.2) is 0 Å². The zero-order valence-electron chi connectivity index (χ0n) is 14.0. The highest BCUT2D eigenvalue weighted by atomic mass is 19.4. The number of rotatable bonds is 5. The summed E-state index contributed by atoms with van der Waals surface area (Å²) in [7, 11) is 1.44. The van der Waals surface area contributed by atoms with Gasteiger partial charge in [-0.05, 0) is 6.07 Å². The molecule has 8 heteroatoms. The molecule has 0 heterocycles. The summed E-state index contributed by atoms with van der Waals surface area (Å²) in [5.41, 5.74) is -0.417. The average Bonchev–Trinajstić information content (AvgIpc) is 2.43. The molecule has 1 rings (SSSR count). The standard InChI is InChI=1S/C16H21F3N2O3/c1-15(2,3)14(23)20-9-13(22)21(4)10-11-7-5-6-8-12(11)24-16(17,18)19/h5-8H,9-10H2,1-4H3,(H,20,23). The highest BCUT2D eigenvalue weighted by molar-refractivity contribution is 5.87. The fourth-order valence-corrected chi connectivity index (χ4v) is 1.76. The van der Waals surface area contributed by atoms with E-state index < -0.39 is 17.7 Å². The van der Waals surface area contributed by atoms with E-state index in [0.717, 1.165) is 0 Å². The number of carbonyl (C=O) groups is 2. The Morgan fingerprint density at radius 1 is 1.17 bits per heavy atom. The van der Waals surface area contributed by atoms with E-state index >= 15 is 0 Å². The second-order valence-electron chi connectivity index (χ2n) is 6.34. The molecule has 5 nitrogen and oxygen atoms in total. The summed E-state index contributed by atoms with van der Waals surface area (Å²) in [5.74, 6) is -1.07. The van der Waals surface area contributed by atoms with Crippen LogP contribution in [0.5, 0.6) is 5.75 Å². The normalized spacial score (nSPS) is 11.8. The second kappa shape index (κ2) is 7.55. The number of hydrogen-bond acceptors (Lipinski definition) is 3. The number of hydrogen-bond donors (Lipinski definition) is 1. The molecule has 0 bridgehead atoms. The minimum Gasteiger partial charge on any atom is -0.405 e. The lowest BCUT2D eigenvalue weighted by atomic mass is 9.96. The van der Waals surface area contributed by atoms with Gasteiger partial charge >= 0.3 is 6.36 Å². The molecule has 0 aliphatic carbocycles. The number of para-hydroxylation sites is 1. The Balaban J connectivity index is 2.69. The first kappa shape index (κ1) is 19.8. The third-order valence-corrected chi connectivity index (χ3v) is 3.11. The monoisotopic (exact) mass is 346 g/mol. The van der Waals surface area contributed by atoms with E-state index in [4.69, 9.17) is 0 Å². The lowest BCUT2D eigenvalue weighted by Gasteiger charge is -2.22. The average molecular weight is 346 g/mol. The van der Waals surface area contributed by atoms with Crippen LogP contribution in [0, 0.1) is 5.41 Å². The Hall–Kier alpha value is -2.25. The van der Waals surface area contributed by atoms with Gasteiger partial charge in [0.2, 0.25) is 11.8 Å². The molecule has 0 saturated carbocycles. The van der Waals surface area contributed by atoms with E-state index in [1.54, 1.807) is 26.8 Å². The van der Waals surface area contributed by atoms with Crippen molar-refractivity contribution in [2.75, 3.05) is 13.6 Å². The van der Waals surface area contributed by atoms with Crippen molar-refractivity contribution in [3.63, 3.8) is 0 Å². The topological polar surface area (TPSA) is 58.6 Å². The predicted molar refractivity (Wildman–Crippen MR) is 82.1 cm³/mol. The van der Waals surface area contributed by atoms with Gasteiger partial charge < -0.3 is 15.0 Å². The molecule has 0 fully saturated rings. The van der Waals surface area contributed by atoms with Gasteiger partial charge in [-0.1, -0.05) is 39.0 Å². The smallest absolute Gasteiger partial charge is 0.405 e. The number of amides is 2. The molecule has 0 aromatic heterocycles. The maximum atomic E-state index is 12.4. The number of alkyl halides is 3. The summed E-state index contributed by atoms with van der Waals surface area (Å²) in [6, 6.07) is 5.59. The van der Waals surface area contributed by atoms with Crippen molar-refractivity contribution in [2.24, 2.45) is 5.41 Å². The van der Waals surface area contributed by atoms with Crippen molar-refractivity contribution >= 4 is 11.8 Å². The number of nitrogens with one attached hydrogen (secondary N) is 1. The molecule has 0 atom stereocenters. The minimum absolute atomic E-state index is 0.0729. The second-order valence-corrected chi connectivity index (χ2v) is 6.34. The fourth-order valence-electron chi connectivity index (χ4n) is 1.76. The summed E-state index contributed by atoms with van der Waals surface area (Å²) >= 11 is 0. The lowest BCUT2D eigenvalue weighted by Crippen LogP contribution is -2.42. The predicted octanol–water partition coefficient (Wildman–Crippen LogP) is 2.71. The van der Waals surface area contributed by atoms with E-state index in [-0.39, 0.29) is 30.3 Å². The van der Waals surface area contributed by atoms with Crippen molar-refractivity contribution in [2.45, 2.75) is 33.7 Å². The lowest BCUT2D eigenvalue weighted by molar-refractivity contribution is -0.275. The van der Waals surface area contributed by atoms with Crippen LogP contribution in [-0.4, -0.2) is 36.7 Å². The Labute approximate surface area is 138 Å². The summed E-state index contributed by atoms with van der Waals surface area (Å²) in [6.45, 7) is 4.83. The van der Waals surface area contributed by atoms with Crippen LogP contribution in [0.3, 0.4) is 0 Å². The van der Waals surface area contributed by atoms with E-state index in [9.17, 15) is 22.8 Å². The van der Waals surface area contributed by atoms with Crippen molar-refractivity contribution in [1.29, 1.82) is 0 Å². The molecule has 134 valence electrons. The van der Waals surface area contributed by atoms with Gasteiger partial charge in [-0.3, -0.25) is 9.59 Å². The highest BCUT2D eigenvalue weighted by Gasteiger charge is 2.32. The van der Waals surface area contributed by atoms with Crippen LogP contribution in [0.2, 0.25) is 0 Å². The van der Waals surface area contributed by atoms with Crippen molar-refractivity contribution < 1.29 is 27.5 Å². The van der Waals surface area contributed by atoms with E-state index in [1.165, 1.54) is 30.1 Å². The number of benzene rings is 1. The SMILES string of the molecule is CN(Cc1ccccc1OC(F)(F)F)C(=O)CNC(=O)C(C)(C)C. The maximum Gasteiger partial charge on any atom is 0.573 e. The molecule has 1 N–H and O–H groups in total. The Morgan fingerprint density at radius 2 is 1.75 bits per heavy atom. The summed E-state index contributed by atoms with van der Waals surface area (Å²) in [5, 5.41) is 2.50. The Bertz CT molecular complexity index is 595. The van der Waals surface area contributed by atoms with E-state index in [0.29, 0.717) is 0 Å². The van der Waals surface area contributed by atoms with Crippen LogP contribution in [0.15, 0.2) is 24.3 Å². The van der Waals surface area contributed by atoms with Gasteiger partial charge in [0, 0.05) is 24.6 Å². The minimum atomic E-state index is -4.81. The first-order valence-electron chi connectivity index (χ1n) is 7.26. The first-order valence-corrected chi connectivity index (χ1v) is 7.26. The molecule has 1 aromatic rings. The molecule has 0 unspecified atom stereocenters. The van der Waals surface area contributed by atoms with Gasteiger partial charge in [0.1, 0.15) is 5.75 Å². The van der Waals surface area contributed by atoms with Gasteiger partial charge in [0.15, 0.2) is 0 Å². The van der Waals surface area contributed by atoms with Gasteiger partial charge in [0.05, 0.1) is 6.54 Å². The summed E-state index contributed by atoms with van der Waals surface area (Å²) < 4.78 is 41.1. The number of ether oxygens (including phenoxy) is 1. The number of carbonyl (C=O) groups excluding carboxylic acids is 2. The van der Waals surface area contributed by atoms with Crippen LogP contribution in [0.1, 0.15) is 26.3 Å². The largest absolute Gasteiger partial charge is 0.573 e. The summed E-state index contributed by atoms with van der Waals surface area (Å²) in [4.78, 5) is 25.0. The van der Waals surface area contributed by atoms with Crippen molar-refractivity contribution in [1.82, 2.24) is 10.2 Å². The van der Waals surface area contributed by atoms with E-state index in [2.05, 4.69) is 10.1 Å². The molecule has 24 heavy (non-hydrogen) atoms.